The number of allylic oxidation sites excluding steroid dienone is 1. The molecule has 0 aliphatic carbocycles. The Balaban J connectivity index is 2.01. The Hall–Kier alpha value is -3.86. The number of hydrogen-bond donors (Lipinski definition) is 0. The number of ether oxygens (including phenoxy) is 3. The highest BCUT2D eigenvalue weighted by Crippen LogP contribution is 2.29. The zero-order valence-corrected chi connectivity index (χ0v) is 14.7. The van der Waals surface area contributed by atoms with E-state index >= 15 is 0 Å². The number of benzene rings is 2. The van der Waals surface area contributed by atoms with Gasteiger partial charge in [0.2, 0.25) is 0 Å². The van der Waals surface area contributed by atoms with Gasteiger partial charge in [-0.1, -0.05) is 6.07 Å². The van der Waals surface area contributed by atoms with E-state index in [1.807, 2.05) is 6.07 Å². The molecule has 0 saturated carbocycles. The Labute approximate surface area is 155 Å². The molecule has 2 aromatic rings. The summed E-state index contributed by atoms with van der Waals surface area (Å²) >= 11 is 0. The fourth-order valence-corrected chi connectivity index (χ4v) is 2.22. The van der Waals surface area contributed by atoms with Crippen LogP contribution in [0.5, 0.6) is 17.2 Å². The summed E-state index contributed by atoms with van der Waals surface area (Å²) in [6, 6.07) is 10.9. The molecule has 0 aromatic heterocycles. The molecule has 0 atom stereocenters. The Morgan fingerprint density at radius 2 is 2.04 bits per heavy atom. The lowest BCUT2D eigenvalue weighted by molar-refractivity contribution is -0.385. The molecule has 0 radical (unpaired) electrons. The van der Waals surface area contributed by atoms with E-state index in [0.29, 0.717) is 22.6 Å². The lowest BCUT2D eigenvalue weighted by Gasteiger charge is -2.11. The molecule has 8 nitrogen and oxygen atoms in total. The van der Waals surface area contributed by atoms with Gasteiger partial charge in [0.1, 0.15) is 5.75 Å². The molecule has 0 bridgehead atoms. The van der Waals surface area contributed by atoms with Crippen LogP contribution >= 0.6 is 0 Å². The molecule has 0 saturated heterocycles. The van der Waals surface area contributed by atoms with E-state index in [1.54, 1.807) is 31.2 Å². The van der Waals surface area contributed by atoms with Crippen LogP contribution in [0.25, 0.3) is 6.08 Å². The number of rotatable bonds is 7. The number of nitriles is 1. The first-order chi connectivity index (χ1) is 12.9. The van der Waals surface area contributed by atoms with Gasteiger partial charge >= 0.3 is 5.97 Å². The summed E-state index contributed by atoms with van der Waals surface area (Å²) in [7, 11) is 1.43. The third-order valence-corrected chi connectivity index (χ3v) is 3.48. The zero-order chi connectivity index (χ0) is 19.8. The molecule has 138 valence electrons. The fourth-order valence-electron chi connectivity index (χ4n) is 2.22. The number of nitro groups is 1. The van der Waals surface area contributed by atoms with Gasteiger partial charge in [-0.2, -0.15) is 5.26 Å². The molecule has 0 aliphatic heterocycles. The van der Waals surface area contributed by atoms with Crippen molar-refractivity contribution in [1.29, 1.82) is 5.26 Å². The number of aryl methyl sites for hydroxylation is 1. The molecule has 2 rings (SSSR count). The maximum Gasteiger partial charge on any atom is 0.349 e. The van der Waals surface area contributed by atoms with E-state index in [9.17, 15) is 14.9 Å². The molecule has 0 spiro atoms. The van der Waals surface area contributed by atoms with Gasteiger partial charge in [-0.15, -0.1) is 0 Å². The number of nitro benzene ring substituents is 1. The fraction of sp³-hybridized carbons (Fsp3) is 0.158. The molecule has 0 amide bonds. The molecule has 27 heavy (non-hydrogen) atoms. The zero-order valence-electron chi connectivity index (χ0n) is 14.7. The average molecular weight is 368 g/mol. The van der Waals surface area contributed by atoms with E-state index in [4.69, 9.17) is 19.5 Å². The molecule has 0 N–H and O–H groups in total. The molecular weight excluding hydrogens is 352 g/mol. The topological polar surface area (TPSA) is 112 Å². The van der Waals surface area contributed by atoms with Crippen molar-refractivity contribution in [2.75, 3.05) is 13.7 Å². The second-order valence-corrected chi connectivity index (χ2v) is 5.34. The Kier molecular flexibility index (Phi) is 6.49. The van der Waals surface area contributed by atoms with Crippen LogP contribution in [0.1, 0.15) is 11.1 Å². The van der Waals surface area contributed by atoms with Crippen LogP contribution in [-0.4, -0.2) is 24.6 Å². The van der Waals surface area contributed by atoms with Gasteiger partial charge in [0.25, 0.3) is 5.69 Å². The van der Waals surface area contributed by atoms with Gasteiger partial charge in [-0.25, -0.2) is 4.79 Å². The highest BCUT2D eigenvalue weighted by molar-refractivity contribution is 5.75. The van der Waals surface area contributed by atoms with Crippen LogP contribution < -0.4 is 14.2 Å². The lowest BCUT2D eigenvalue weighted by atomic mass is 10.2. The molecule has 8 heteroatoms. The number of esters is 1. The maximum atomic E-state index is 12.0. The van der Waals surface area contributed by atoms with E-state index < -0.39 is 10.9 Å². The Morgan fingerprint density at radius 1 is 1.26 bits per heavy atom. The maximum absolute atomic E-state index is 12.0. The molecule has 0 aliphatic rings. The predicted octanol–water partition coefficient (Wildman–Crippen LogP) is 3.43. The molecule has 0 heterocycles. The predicted molar refractivity (Wildman–Crippen MR) is 96.6 cm³/mol. The van der Waals surface area contributed by atoms with E-state index in [2.05, 4.69) is 0 Å². The first kappa shape index (κ1) is 19.5. The number of carbonyl (C=O) groups is 1. The summed E-state index contributed by atoms with van der Waals surface area (Å²) in [6.07, 6.45) is 2.91. The van der Waals surface area contributed by atoms with Gasteiger partial charge in [-0.3, -0.25) is 10.1 Å². The van der Waals surface area contributed by atoms with Gasteiger partial charge in [0.05, 0.1) is 18.1 Å². The quantitative estimate of drug-likeness (QED) is 0.242. The SMILES string of the molecule is COc1cc(/C=C\C#N)ccc1OC(=O)COc1ccc([N+](=O)[O-])c(C)c1. The minimum absolute atomic E-state index is 0.0276. The van der Waals surface area contributed by atoms with E-state index in [-0.39, 0.29) is 18.0 Å². The van der Waals surface area contributed by atoms with Gasteiger partial charge in [0.15, 0.2) is 18.1 Å². The molecule has 0 unspecified atom stereocenters. The smallest absolute Gasteiger partial charge is 0.349 e. The number of nitrogens with zero attached hydrogens (tertiary/aromatic N) is 2. The Morgan fingerprint density at radius 3 is 2.67 bits per heavy atom. The minimum Gasteiger partial charge on any atom is -0.493 e. The molecule has 0 fully saturated rings. The summed E-state index contributed by atoms with van der Waals surface area (Å²) in [5.41, 5.74) is 1.11. The monoisotopic (exact) mass is 368 g/mol. The molecule has 2 aromatic carbocycles. The van der Waals surface area contributed by atoms with E-state index in [1.165, 1.54) is 31.4 Å². The second kappa shape index (κ2) is 9.01. The lowest BCUT2D eigenvalue weighted by Crippen LogP contribution is -2.18. The van der Waals surface area contributed by atoms with Crippen LogP contribution in [0.3, 0.4) is 0 Å². The Bertz CT molecular complexity index is 930. The summed E-state index contributed by atoms with van der Waals surface area (Å²) in [6.45, 7) is 1.20. The normalized spacial score (nSPS) is 10.3. The van der Waals surface area contributed by atoms with Crippen molar-refractivity contribution >= 4 is 17.7 Å². The van der Waals surface area contributed by atoms with Crippen molar-refractivity contribution in [1.82, 2.24) is 0 Å². The van der Waals surface area contributed by atoms with Crippen molar-refractivity contribution in [2.45, 2.75) is 6.92 Å². The van der Waals surface area contributed by atoms with E-state index in [0.717, 1.165) is 0 Å². The van der Waals surface area contributed by atoms with Crippen molar-refractivity contribution in [3.63, 3.8) is 0 Å². The van der Waals surface area contributed by atoms with Gasteiger partial charge in [-0.05, 0) is 42.8 Å². The van der Waals surface area contributed by atoms with Crippen LogP contribution in [0.2, 0.25) is 0 Å². The summed E-state index contributed by atoms with van der Waals surface area (Å²) in [5.74, 6) is 0.193. The van der Waals surface area contributed by atoms with Crippen LogP contribution in [0.4, 0.5) is 5.69 Å². The van der Waals surface area contributed by atoms with Gasteiger partial charge < -0.3 is 14.2 Å². The van der Waals surface area contributed by atoms with Crippen LogP contribution in [-0.2, 0) is 4.79 Å². The summed E-state index contributed by atoms with van der Waals surface area (Å²) in [5, 5.41) is 19.4. The van der Waals surface area contributed by atoms with Crippen LogP contribution in [0.15, 0.2) is 42.5 Å². The average Bonchev–Trinajstić information content (AvgIpc) is 2.65. The minimum atomic E-state index is -0.662. The van der Waals surface area contributed by atoms with Crippen molar-refractivity contribution < 1.29 is 23.9 Å². The second-order valence-electron chi connectivity index (χ2n) is 5.34. The largest absolute Gasteiger partial charge is 0.493 e. The number of carbonyl (C=O) groups excluding carboxylic acids is 1. The summed E-state index contributed by atoms with van der Waals surface area (Å²) < 4.78 is 15.7. The number of methoxy groups -OCH3 is 1. The highest BCUT2D eigenvalue weighted by Gasteiger charge is 2.14. The third kappa shape index (κ3) is 5.31. The summed E-state index contributed by atoms with van der Waals surface area (Å²) in [4.78, 5) is 22.3. The first-order valence-corrected chi connectivity index (χ1v) is 7.77. The number of hydrogen-bond acceptors (Lipinski definition) is 7. The van der Waals surface area contributed by atoms with Crippen molar-refractivity contribution in [3.8, 4) is 23.3 Å². The third-order valence-electron chi connectivity index (χ3n) is 3.48. The van der Waals surface area contributed by atoms with Gasteiger partial charge in [0, 0.05) is 17.7 Å². The molecular formula is C19H16N2O6. The van der Waals surface area contributed by atoms with Crippen LogP contribution in [0, 0.1) is 28.4 Å². The first-order valence-electron chi connectivity index (χ1n) is 7.77. The van der Waals surface area contributed by atoms with Crippen molar-refractivity contribution in [2.24, 2.45) is 0 Å². The highest BCUT2D eigenvalue weighted by atomic mass is 16.6. The standard InChI is InChI=1S/C19H16N2O6/c1-13-10-15(6-7-16(13)21(23)24)26-12-19(22)27-17-8-5-14(4-3-9-20)11-18(17)25-2/h3-8,10-11H,12H2,1-2H3/b4-3-. The van der Waals surface area contributed by atoms with Crippen molar-refractivity contribution in [3.05, 3.63) is 63.7 Å².